The molecule has 33 heavy (non-hydrogen) atoms. The van der Waals surface area contributed by atoms with Gasteiger partial charge in [0.2, 0.25) is 5.16 Å². The SMILES string of the molecule is CCCCn1c(=O)[nH]c(=O)c2c1nc(CSc1nnc(COc3ccc(F)cc3)n1N)n2C. The number of aryl methyl sites for hydroxylation is 2. The van der Waals surface area contributed by atoms with Crippen LogP contribution in [0.3, 0.4) is 0 Å². The van der Waals surface area contributed by atoms with E-state index in [9.17, 15) is 14.0 Å². The molecular weight excluding hydrogens is 451 g/mol. The number of ether oxygens (including phenoxy) is 1. The summed E-state index contributed by atoms with van der Waals surface area (Å²) in [6.45, 7) is 2.55. The Hall–Kier alpha value is -3.61. The van der Waals surface area contributed by atoms with E-state index in [2.05, 4.69) is 20.2 Å². The van der Waals surface area contributed by atoms with Crippen molar-refractivity contribution in [1.29, 1.82) is 0 Å². The van der Waals surface area contributed by atoms with Crippen LogP contribution in [0.25, 0.3) is 11.2 Å². The van der Waals surface area contributed by atoms with Crippen LogP contribution in [0.1, 0.15) is 31.4 Å². The van der Waals surface area contributed by atoms with Gasteiger partial charge in [-0.1, -0.05) is 25.1 Å². The molecular formula is C20H23FN8O3S. The molecule has 0 saturated heterocycles. The summed E-state index contributed by atoms with van der Waals surface area (Å²) in [5, 5.41) is 8.55. The van der Waals surface area contributed by atoms with E-state index in [1.54, 1.807) is 11.6 Å². The lowest BCUT2D eigenvalue weighted by Crippen LogP contribution is -2.31. The first kappa shape index (κ1) is 22.6. The topological polar surface area (TPSA) is 139 Å². The molecule has 0 aliphatic heterocycles. The summed E-state index contributed by atoms with van der Waals surface area (Å²) >= 11 is 1.28. The van der Waals surface area contributed by atoms with Gasteiger partial charge in [0.1, 0.15) is 24.0 Å². The Morgan fingerprint density at radius 2 is 1.94 bits per heavy atom. The Morgan fingerprint density at radius 1 is 1.18 bits per heavy atom. The first-order chi connectivity index (χ1) is 15.9. The Morgan fingerprint density at radius 3 is 2.67 bits per heavy atom. The number of unbranched alkanes of at least 4 members (excludes halogenated alkanes) is 1. The molecule has 4 aromatic rings. The molecule has 1 aromatic carbocycles. The highest BCUT2D eigenvalue weighted by atomic mass is 32.2. The van der Waals surface area contributed by atoms with Crippen LogP contribution in [0.15, 0.2) is 39.0 Å². The quantitative estimate of drug-likeness (QED) is 0.275. The maximum atomic E-state index is 13.0. The number of benzene rings is 1. The van der Waals surface area contributed by atoms with Crippen molar-refractivity contribution in [1.82, 2.24) is 34.0 Å². The summed E-state index contributed by atoms with van der Waals surface area (Å²) in [6, 6.07) is 5.62. The summed E-state index contributed by atoms with van der Waals surface area (Å²) in [5.41, 5.74) is -0.247. The Bertz CT molecular complexity index is 1390. The van der Waals surface area contributed by atoms with E-state index in [1.807, 2.05) is 6.92 Å². The molecule has 0 fully saturated rings. The smallest absolute Gasteiger partial charge is 0.330 e. The van der Waals surface area contributed by atoms with Crippen LogP contribution in [0.2, 0.25) is 0 Å². The number of hydrogen-bond donors (Lipinski definition) is 2. The van der Waals surface area contributed by atoms with Crippen LogP contribution < -0.4 is 21.8 Å². The van der Waals surface area contributed by atoms with Gasteiger partial charge < -0.3 is 15.1 Å². The number of aromatic amines is 1. The lowest BCUT2D eigenvalue weighted by atomic mass is 10.3. The van der Waals surface area contributed by atoms with Crippen molar-refractivity contribution < 1.29 is 9.13 Å². The number of aromatic nitrogens is 7. The molecule has 0 radical (unpaired) electrons. The molecule has 0 atom stereocenters. The standard InChI is InChI=1S/C20H23FN8O3S/c1-3-4-9-28-17-16(18(30)24-19(28)31)27(2)15(23-17)11-33-20-26-25-14(29(20)22)10-32-13-7-5-12(21)6-8-13/h5-8H,3-4,9-11,22H2,1-2H3,(H,24,30,31). The molecule has 0 spiro atoms. The van der Waals surface area contributed by atoms with Crippen molar-refractivity contribution in [2.45, 2.75) is 43.8 Å². The highest BCUT2D eigenvalue weighted by molar-refractivity contribution is 7.98. The van der Waals surface area contributed by atoms with E-state index in [-0.39, 0.29) is 12.4 Å². The average Bonchev–Trinajstić information content (AvgIpc) is 3.31. The zero-order chi connectivity index (χ0) is 23.5. The van der Waals surface area contributed by atoms with Gasteiger partial charge in [-0.15, -0.1) is 10.2 Å². The highest BCUT2D eigenvalue weighted by Crippen LogP contribution is 2.22. The van der Waals surface area contributed by atoms with Gasteiger partial charge in [-0.05, 0) is 30.7 Å². The van der Waals surface area contributed by atoms with E-state index in [0.717, 1.165) is 12.8 Å². The van der Waals surface area contributed by atoms with Gasteiger partial charge in [0.25, 0.3) is 5.56 Å². The van der Waals surface area contributed by atoms with E-state index in [4.69, 9.17) is 10.6 Å². The van der Waals surface area contributed by atoms with Crippen LogP contribution in [-0.4, -0.2) is 34.0 Å². The fourth-order valence-electron chi connectivity index (χ4n) is 3.26. The largest absolute Gasteiger partial charge is 0.486 e. The van der Waals surface area contributed by atoms with Gasteiger partial charge in [-0.3, -0.25) is 14.3 Å². The number of halogens is 1. The summed E-state index contributed by atoms with van der Waals surface area (Å²) in [4.78, 5) is 31.6. The summed E-state index contributed by atoms with van der Waals surface area (Å²) < 4.78 is 23.0. The van der Waals surface area contributed by atoms with E-state index in [0.29, 0.717) is 46.0 Å². The molecule has 0 amide bonds. The number of fused-ring (bicyclic) bond motifs is 1. The fourth-order valence-corrected chi connectivity index (χ4v) is 4.12. The third-order valence-electron chi connectivity index (χ3n) is 5.09. The number of hydrogen-bond acceptors (Lipinski definition) is 8. The van der Waals surface area contributed by atoms with Crippen LogP contribution in [0, 0.1) is 5.82 Å². The van der Waals surface area contributed by atoms with Crippen LogP contribution in [-0.2, 0) is 26.0 Å². The van der Waals surface area contributed by atoms with E-state index >= 15 is 0 Å². The Kier molecular flexibility index (Phi) is 6.49. The molecule has 174 valence electrons. The normalized spacial score (nSPS) is 11.4. The number of rotatable bonds is 9. The molecule has 4 rings (SSSR count). The van der Waals surface area contributed by atoms with Crippen LogP contribution >= 0.6 is 11.8 Å². The first-order valence-corrected chi connectivity index (χ1v) is 11.3. The minimum Gasteiger partial charge on any atom is -0.486 e. The van der Waals surface area contributed by atoms with Crippen LogP contribution in [0.5, 0.6) is 5.75 Å². The molecule has 3 aromatic heterocycles. The maximum absolute atomic E-state index is 13.0. The van der Waals surface area contributed by atoms with Gasteiger partial charge in [0.05, 0.1) is 5.75 Å². The third-order valence-corrected chi connectivity index (χ3v) is 6.03. The predicted molar refractivity (Wildman–Crippen MR) is 121 cm³/mol. The lowest BCUT2D eigenvalue weighted by Gasteiger charge is -2.06. The first-order valence-electron chi connectivity index (χ1n) is 10.3. The van der Waals surface area contributed by atoms with Crippen molar-refractivity contribution >= 4 is 22.9 Å². The number of imidazole rings is 1. The summed E-state index contributed by atoms with van der Waals surface area (Å²) in [5.74, 6) is 7.54. The lowest BCUT2D eigenvalue weighted by molar-refractivity contribution is 0.291. The monoisotopic (exact) mass is 474 g/mol. The summed E-state index contributed by atoms with van der Waals surface area (Å²) in [6.07, 6.45) is 1.70. The van der Waals surface area contributed by atoms with Gasteiger partial charge >= 0.3 is 5.69 Å². The molecule has 0 aliphatic carbocycles. The van der Waals surface area contributed by atoms with Gasteiger partial charge in [-0.2, -0.15) is 0 Å². The molecule has 11 nitrogen and oxygen atoms in total. The minimum atomic E-state index is -0.476. The average molecular weight is 475 g/mol. The fraction of sp³-hybridized carbons (Fsp3) is 0.350. The number of thioether (sulfide) groups is 1. The second-order valence-corrected chi connectivity index (χ2v) is 8.27. The molecule has 13 heteroatoms. The van der Waals surface area contributed by atoms with E-state index in [1.165, 1.54) is 45.3 Å². The second-order valence-electron chi connectivity index (χ2n) is 7.32. The number of nitrogens with two attached hydrogens (primary N) is 1. The van der Waals surface area contributed by atoms with Crippen molar-refractivity contribution in [3.05, 3.63) is 62.6 Å². The van der Waals surface area contributed by atoms with E-state index < -0.39 is 11.2 Å². The minimum absolute atomic E-state index is 0.0566. The van der Waals surface area contributed by atoms with Crippen molar-refractivity contribution in [2.75, 3.05) is 5.84 Å². The van der Waals surface area contributed by atoms with Gasteiger partial charge in [-0.25, -0.2) is 18.8 Å². The molecule has 0 aliphatic rings. The Labute approximate surface area is 191 Å². The zero-order valence-corrected chi connectivity index (χ0v) is 18.9. The molecule has 3 N–H and O–H groups in total. The molecule has 0 unspecified atom stereocenters. The Balaban J connectivity index is 1.51. The second kappa shape index (κ2) is 9.48. The molecule has 0 saturated carbocycles. The molecule has 3 heterocycles. The number of nitrogens with zero attached hydrogens (tertiary/aromatic N) is 6. The van der Waals surface area contributed by atoms with Crippen molar-refractivity contribution in [3.63, 3.8) is 0 Å². The zero-order valence-electron chi connectivity index (χ0n) is 18.1. The predicted octanol–water partition coefficient (Wildman–Crippen LogP) is 1.54. The number of H-pyrrole nitrogens is 1. The van der Waals surface area contributed by atoms with Crippen LogP contribution in [0.4, 0.5) is 4.39 Å². The van der Waals surface area contributed by atoms with Crippen molar-refractivity contribution in [2.24, 2.45) is 7.05 Å². The van der Waals surface area contributed by atoms with Gasteiger partial charge in [0, 0.05) is 13.6 Å². The number of nitrogen functional groups attached to an aromatic ring is 1. The third kappa shape index (κ3) is 4.62. The maximum Gasteiger partial charge on any atom is 0.330 e. The highest BCUT2D eigenvalue weighted by Gasteiger charge is 2.18. The van der Waals surface area contributed by atoms with Crippen molar-refractivity contribution in [3.8, 4) is 5.75 Å². The summed E-state index contributed by atoms with van der Waals surface area (Å²) in [7, 11) is 1.73. The van der Waals surface area contributed by atoms with Gasteiger partial charge in [0.15, 0.2) is 17.0 Å². The molecule has 0 bridgehead atoms. The number of nitrogens with one attached hydrogen (secondary N) is 1.